The summed E-state index contributed by atoms with van der Waals surface area (Å²) in [5, 5.41) is 10.8. The summed E-state index contributed by atoms with van der Waals surface area (Å²) in [6, 6.07) is 6.89. The number of aromatic nitrogens is 3. The van der Waals surface area contributed by atoms with Crippen LogP contribution < -0.4 is 10.6 Å². The van der Waals surface area contributed by atoms with Gasteiger partial charge in [0.25, 0.3) is 5.91 Å². The number of carbonyl (C=O) groups is 2. The molecule has 0 saturated carbocycles. The predicted molar refractivity (Wildman–Crippen MR) is 136 cm³/mol. The minimum Gasteiger partial charge on any atom is -0.354 e. The van der Waals surface area contributed by atoms with Gasteiger partial charge in [-0.15, -0.1) is 0 Å². The fraction of sp³-hybridized carbons (Fsp3) is 0.458. The van der Waals surface area contributed by atoms with Crippen LogP contribution in [0.25, 0.3) is 10.9 Å². The summed E-state index contributed by atoms with van der Waals surface area (Å²) in [7, 11) is 1.55. The van der Waals surface area contributed by atoms with Crippen LogP contribution in [0.15, 0.2) is 35.4 Å². The highest BCUT2D eigenvalue weighted by Gasteiger charge is 2.44. The van der Waals surface area contributed by atoms with Gasteiger partial charge in [0, 0.05) is 50.3 Å². The largest absolute Gasteiger partial charge is 0.354 e. The number of sulfonamides is 1. The minimum atomic E-state index is -3.90. The number of hydrogen-bond acceptors (Lipinski definition) is 6. The van der Waals surface area contributed by atoms with Gasteiger partial charge in [-0.25, -0.2) is 8.42 Å². The van der Waals surface area contributed by atoms with Gasteiger partial charge in [0.15, 0.2) is 0 Å². The summed E-state index contributed by atoms with van der Waals surface area (Å²) >= 11 is 0. The first-order valence-corrected chi connectivity index (χ1v) is 13.2. The van der Waals surface area contributed by atoms with Gasteiger partial charge in [0.05, 0.1) is 17.7 Å². The average molecular weight is 516 g/mol. The Morgan fingerprint density at radius 2 is 1.94 bits per heavy atom. The van der Waals surface area contributed by atoms with Crippen LogP contribution in [0.1, 0.15) is 21.7 Å². The molecule has 11 nitrogen and oxygen atoms in total. The van der Waals surface area contributed by atoms with E-state index >= 15 is 0 Å². The fourth-order valence-electron chi connectivity index (χ4n) is 4.50. The van der Waals surface area contributed by atoms with Crippen LogP contribution in [-0.4, -0.2) is 90.5 Å². The quantitative estimate of drug-likeness (QED) is 0.403. The van der Waals surface area contributed by atoms with Crippen LogP contribution >= 0.6 is 0 Å². The zero-order valence-electron chi connectivity index (χ0n) is 21.2. The monoisotopic (exact) mass is 515 g/mol. The maximum atomic E-state index is 13.4. The number of benzene rings is 1. The van der Waals surface area contributed by atoms with Crippen molar-refractivity contribution >= 4 is 32.7 Å². The van der Waals surface area contributed by atoms with E-state index in [1.54, 1.807) is 20.0 Å². The molecule has 2 amide bonds. The maximum absolute atomic E-state index is 13.4. The highest BCUT2D eigenvalue weighted by molar-refractivity contribution is 7.89. The molecular weight excluding hydrogens is 482 g/mol. The van der Waals surface area contributed by atoms with Gasteiger partial charge >= 0.3 is 0 Å². The molecule has 1 fully saturated rings. The van der Waals surface area contributed by atoms with E-state index in [1.165, 1.54) is 15.2 Å². The molecule has 1 saturated heterocycles. The van der Waals surface area contributed by atoms with Gasteiger partial charge in [-0.1, -0.05) is 11.6 Å². The predicted octanol–water partition coefficient (Wildman–Crippen LogP) is 0.615. The molecule has 36 heavy (non-hydrogen) atoms. The lowest BCUT2D eigenvalue weighted by molar-refractivity contribution is -0.125. The molecule has 0 bridgehead atoms. The van der Waals surface area contributed by atoms with E-state index < -0.39 is 27.9 Å². The Morgan fingerprint density at radius 1 is 1.19 bits per heavy atom. The first kappa shape index (κ1) is 25.9. The summed E-state index contributed by atoms with van der Waals surface area (Å²) in [5.41, 5.74) is 2.63. The molecular formula is C24H33N7O4S. The molecule has 1 aliphatic rings. The summed E-state index contributed by atoms with van der Waals surface area (Å²) < 4.78 is 29.5. The molecule has 1 aliphatic heterocycles. The smallest absolute Gasteiger partial charge is 0.268 e. The molecule has 194 valence electrons. The molecule has 0 spiro atoms. The summed E-state index contributed by atoms with van der Waals surface area (Å²) in [6.07, 6.45) is 1.45. The van der Waals surface area contributed by atoms with Crippen molar-refractivity contribution in [1.29, 1.82) is 0 Å². The lowest BCUT2D eigenvalue weighted by Crippen LogP contribution is -2.47. The number of aromatic amines is 1. The zero-order valence-corrected chi connectivity index (χ0v) is 22.0. The van der Waals surface area contributed by atoms with Crippen molar-refractivity contribution in [3.8, 4) is 0 Å². The van der Waals surface area contributed by atoms with Crippen molar-refractivity contribution in [2.75, 3.05) is 40.3 Å². The van der Waals surface area contributed by atoms with Crippen molar-refractivity contribution in [3.05, 3.63) is 47.4 Å². The lowest BCUT2D eigenvalue weighted by Gasteiger charge is -2.19. The van der Waals surface area contributed by atoms with Crippen molar-refractivity contribution in [2.24, 2.45) is 13.0 Å². The first-order valence-electron chi connectivity index (χ1n) is 11.8. The third kappa shape index (κ3) is 5.30. The van der Waals surface area contributed by atoms with E-state index in [1.807, 2.05) is 44.1 Å². The molecule has 3 heterocycles. The molecule has 12 heteroatoms. The Kier molecular flexibility index (Phi) is 7.21. The molecule has 0 aliphatic carbocycles. The summed E-state index contributed by atoms with van der Waals surface area (Å²) in [6.45, 7) is 4.60. The number of hydrogen-bond donors (Lipinski definition) is 3. The topological polar surface area (TPSA) is 132 Å². The third-order valence-electron chi connectivity index (χ3n) is 6.40. The van der Waals surface area contributed by atoms with E-state index in [0.29, 0.717) is 24.5 Å². The number of amides is 2. The molecule has 2 atom stereocenters. The summed E-state index contributed by atoms with van der Waals surface area (Å²) in [5.74, 6) is -1.43. The highest BCUT2D eigenvalue weighted by Crippen LogP contribution is 2.27. The average Bonchev–Trinajstić information content (AvgIpc) is 3.49. The molecule has 3 aromatic rings. The number of nitrogens with one attached hydrogen (secondary N) is 3. The van der Waals surface area contributed by atoms with Crippen LogP contribution in [0.2, 0.25) is 0 Å². The second-order valence-corrected chi connectivity index (χ2v) is 11.5. The van der Waals surface area contributed by atoms with Crippen molar-refractivity contribution in [3.63, 3.8) is 0 Å². The Hall–Kier alpha value is -3.22. The third-order valence-corrected chi connectivity index (χ3v) is 8.34. The van der Waals surface area contributed by atoms with E-state index in [2.05, 4.69) is 20.7 Å². The second-order valence-electron chi connectivity index (χ2n) is 9.63. The van der Waals surface area contributed by atoms with Crippen LogP contribution in [-0.2, 0) is 21.9 Å². The maximum Gasteiger partial charge on any atom is 0.268 e. The number of carbonyl (C=O) groups excluding carboxylic acids is 2. The Morgan fingerprint density at radius 3 is 2.61 bits per heavy atom. The highest BCUT2D eigenvalue weighted by atomic mass is 32.2. The van der Waals surface area contributed by atoms with Gasteiger partial charge < -0.3 is 20.5 Å². The van der Waals surface area contributed by atoms with Crippen molar-refractivity contribution in [1.82, 2.24) is 34.6 Å². The Balaban J connectivity index is 1.57. The summed E-state index contributed by atoms with van der Waals surface area (Å²) in [4.78, 5) is 31.4. The van der Waals surface area contributed by atoms with Crippen LogP contribution in [0.5, 0.6) is 0 Å². The van der Waals surface area contributed by atoms with Crippen molar-refractivity contribution in [2.45, 2.75) is 24.8 Å². The van der Waals surface area contributed by atoms with E-state index in [4.69, 9.17) is 0 Å². The number of likely N-dealkylation sites (N-methyl/N-ethyl adjacent to an activating group) is 1. The lowest BCUT2D eigenvalue weighted by atomic mass is 10.0. The Bertz CT molecular complexity index is 1390. The molecule has 3 N–H and O–H groups in total. The molecule has 0 radical (unpaired) electrons. The van der Waals surface area contributed by atoms with Gasteiger partial charge in [-0.05, 0) is 46.1 Å². The molecule has 4 rings (SSSR count). The SMILES string of the molecule is Cc1ccc2[nH]c(C(=O)N[C@H]3CN(S(=O)(=O)c4cn(C)nc4C)C[C@@H]3C(=O)NCCN(C)C)cc2c1. The van der Waals surface area contributed by atoms with Crippen LogP contribution in [0, 0.1) is 19.8 Å². The second kappa shape index (κ2) is 10.0. The van der Waals surface area contributed by atoms with Gasteiger partial charge in [-0.3, -0.25) is 14.3 Å². The molecule has 0 unspecified atom stereocenters. The van der Waals surface area contributed by atoms with Crippen LogP contribution in [0.3, 0.4) is 0 Å². The number of nitrogens with zero attached hydrogens (tertiary/aromatic N) is 4. The first-order chi connectivity index (χ1) is 17.0. The van der Waals surface area contributed by atoms with E-state index in [9.17, 15) is 18.0 Å². The Labute approximate surface area is 210 Å². The number of rotatable bonds is 8. The van der Waals surface area contributed by atoms with Crippen LogP contribution in [0.4, 0.5) is 0 Å². The van der Waals surface area contributed by atoms with Gasteiger partial charge in [-0.2, -0.15) is 9.40 Å². The number of H-pyrrole nitrogens is 1. The van der Waals surface area contributed by atoms with E-state index in [-0.39, 0.29) is 23.9 Å². The van der Waals surface area contributed by atoms with E-state index in [0.717, 1.165) is 16.5 Å². The van der Waals surface area contributed by atoms with Gasteiger partial charge in [0.1, 0.15) is 10.6 Å². The number of fused-ring (bicyclic) bond motifs is 1. The van der Waals surface area contributed by atoms with Crippen molar-refractivity contribution < 1.29 is 18.0 Å². The normalized spacial score (nSPS) is 18.7. The zero-order chi connectivity index (χ0) is 26.2. The molecule has 2 aromatic heterocycles. The molecule has 1 aromatic carbocycles. The minimum absolute atomic E-state index is 0.0203. The fourth-order valence-corrected chi connectivity index (χ4v) is 6.19. The standard InChI is InChI=1S/C24H33N7O4S/c1-15-6-7-19-17(10-15)11-20(26-19)24(33)27-21-13-31(12-18(21)23(32)25-8-9-29(3)4)36(34,35)22-14-30(5)28-16(22)2/h6-7,10-11,14,18,21,26H,8-9,12-13H2,1-5H3,(H,25,32)(H,27,33)/t18-,21-/m0/s1. The number of aryl methyl sites for hydroxylation is 3. The van der Waals surface area contributed by atoms with Gasteiger partial charge in [0.2, 0.25) is 15.9 Å².